The summed E-state index contributed by atoms with van der Waals surface area (Å²) >= 11 is 5.06. The van der Waals surface area contributed by atoms with Crippen molar-refractivity contribution in [2.24, 2.45) is 0 Å². The molecule has 0 spiro atoms. The van der Waals surface area contributed by atoms with Gasteiger partial charge in [0.2, 0.25) is 0 Å². The van der Waals surface area contributed by atoms with Gasteiger partial charge in [-0.1, -0.05) is 15.9 Å². The Kier molecular flexibility index (Phi) is 4.50. The SMILES string of the molecule is COc1cc(Br)cc(C(=O)N2CCSCC2)c1F. The van der Waals surface area contributed by atoms with Crippen molar-refractivity contribution in [3.8, 4) is 5.75 Å². The quantitative estimate of drug-likeness (QED) is 0.833. The number of ether oxygens (including phenoxy) is 1. The Labute approximate surface area is 118 Å². The predicted molar refractivity (Wildman–Crippen MR) is 73.9 cm³/mol. The molecule has 0 N–H and O–H groups in total. The number of hydrogen-bond acceptors (Lipinski definition) is 3. The molecule has 0 aliphatic carbocycles. The first-order chi connectivity index (χ1) is 8.63. The third-order valence-corrected chi connectivity index (χ3v) is 4.15. The van der Waals surface area contributed by atoms with Crippen LogP contribution in [0.4, 0.5) is 4.39 Å². The number of rotatable bonds is 2. The molecule has 0 bridgehead atoms. The second kappa shape index (κ2) is 5.93. The summed E-state index contributed by atoms with van der Waals surface area (Å²) in [7, 11) is 1.39. The van der Waals surface area contributed by atoms with E-state index in [0.717, 1.165) is 11.5 Å². The molecular weight excluding hydrogens is 321 g/mol. The number of nitrogens with zero attached hydrogens (tertiary/aromatic N) is 1. The number of carbonyl (C=O) groups excluding carboxylic acids is 1. The molecule has 1 saturated heterocycles. The van der Waals surface area contributed by atoms with Crippen molar-refractivity contribution in [2.75, 3.05) is 31.7 Å². The normalized spacial score (nSPS) is 15.6. The molecule has 2 rings (SSSR count). The zero-order chi connectivity index (χ0) is 13.1. The molecule has 18 heavy (non-hydrogen) atoms. The van der Waals surface area contributed by atoms with Crippen molar-refractivity contribution in [2.45, 2.75) is 0 Å². The fourth-order valence-electron chi connectivity index (χ4n) is 1.81. The van der Waals surface area contributed by atoms with Gasteiger partial charge in [-0.25, -0.2) is 4.39 Å². The molecule has 0 atom stereocenters. The zero-order valence-corrected chi connectivity index (χ0v) is 12.3. The highest BCUT2D eigenvalue weighted by atomic mass is 79.9. The van der Waals surface area contributed by atoms with Crippen LogP contribution in [0.3, 0.4) is 0 Å². The lowest BCUT2D eigenvalue weighted by atomic mass is 10.1. The molecule has 0 aromatic heterocycles. The molecular formula is C12H13BrFNO2S. The van der Waals surface area contributed by atoms with Crippen LogP contribution in [-0.2, 0) is 0 Å². The fourth-order valence-corrected chi connectivity index (χ4v) is 3.15. The third kappa shape index (κ3) is 2.80. The molecule has 1 amide bonds. The molecule has 0 radical (unpaired) electrons. The molecule has 98 valence electrons. The Bertz CT molecular complexity index is 464. The minimum absolute atomic E-state index is 0.0631. The second-order valence-electron chi connectivity index (χ2n) is 3.87. The van der Waals surface area contributed by atoms with Crippen molar-refractivity contribution >= 4 is 33.6 Å². The molecule has 1 aliphatic rings. The van der Waals surface area contributed by atoms with Crippen LogP contribution in [0.5, 0.6) is 5.75 Å². The molecule has 1 heterocycles. The maximum atomic E-state index is 14.1. The smallest absolute Gasteiger partial charge is 0.257 e. The summed E-state index contributed by atoms with van der Waals surface area (Å²) in [5, 5.41) is 0. The average Bonchev–Trinajstić information content (AvgIpc) is 2.41. The van der Waals surface area contributed by atoms with Crippen LogP contribution in [0.2, 0.25) is 0 Å². The number of amides is 1. The Balaban J connectivity index is 2.31. The van der Waals surface area contributed by atoms with E-state index in [1.807, 2.05) is 0 Å². The van der Waals surface area contributed by atoms with Crippen molar-refractivity contribution in [3.05, 3.63) is 28.0 Å². The van der Waals surface area contributed by atoms with Crippen molar-refractivity contribution in [1.29, 1.82) is 0 Å². The lowest BCUT2D eigenvalue weighted by Gasteiger charge is -2.26. The Morgan fingerprint density at radius 1 is 1.44 bits per heavy atom. The second-order valence-corrected chi connectivity index (χ2v) is 6.01. The van der Waals surface area contributed by atoms with E-state index in [1.165, 1.54) is 19.2 Å². The fraction of sp³-hybridized carbons (Fsp3) is 0.417. The van der Waals surface area contributed by atoms with Gasteiger partial charge in [-0.05, 0) is 12.1 Å². The summed E-state index contributed by atoms with van der Waals surface area (Å²) in [6, 6.07) is 3.01. The first-order valence-electron chi connectivity index (χ1n) is 5.53. The largest absolute Gasteiger partial charge is 0.494 e. The van der Waals surface area contributed by atoms with Crippen molar-refractivity contribution < 1.29 is 13.9 Å². The molecule has 1 aliphatic heterocycles. The van der Waals surface area contributed by atoms with E-state index < -0.39 is 5.82 Å². The van der Waals surface area contributed by atoms with Gasteiger partial charge >= 0.3 is 0 Å². The van der Waals surface area contributed by atoms with Gasteiger partial charge in [-0.15, -0.1) is 0 Å². The van der Waals surface area contributed by atoms with E-state index in [2.05, 4.69) is 15.9 Å². The van der Waals surface area contributed by atoms with Gasteiger partial charge < -0.3 is 9.64 Å². The van der Waals surface area contributed by atoms with E-state index in [0.29, 0.717) is 17.6 Å². The first-order valence-corrected chi connectivity index (χ1v) is 7.48. The zero-order valence-electron chi connectivity index (χ0n) is 9.91. The summed E-state index contributed by atoms with van der Waals surface area (Å²) in [6.07, 6.45) is 0. The number of carbonyl (C=O) groups is 1. The standard InChI is InChI=1S/C12H13BrFNO2S/c1-17-10-7-8(13)6-9(11(10)14)12(16)15-2-4-18-5-3-15/h6-7H,2-5H2,1H3. The highest BCUT2D eigenvalue weighted by Crippen LogP contribution is 2.27. The number of benzene rings is 1. The predicted octanol–water partition coefficient (Wildman–Crippen LogP) is 2.79. The third-order valence-electron chi connectivity index (χ3n) is 2.75. The summed E-state index contributed by atoms with van der Waals surface area (Å²) in [4.78, 5) is 13.9. The van der Waals surface area contributed by atoms with Crippen LogP contribution >= 0.6 is 27.7 Å². The molecule has 3 nitrogen and oxygen atoms in total. The van der Waals surface area contributed by atoms with Crippen LogP contribution in [-0.4, -0.2) is 42.5 Å². The van der Waals surface area contributed by atoms with Crippen LogP contribution in [0.25, 0.3) is 0 Å². The molecule has 6 heteroatoms. The average molecular weight is 334 g/mol. The van der Waals surface area contributed by atoms with E-state index in [4.69, 9.17) is 4.74 Å². The van der Waals surface area contributed by atoms with Gasteiger partial charge in [0.15, 0.2) is 11.6 Å². The molecule has 1 fully saturated rings. The molecule has 0 saturated carbocycles. The van der Waals surface area contributed by atoms with E-state index in [9.17, 15) is 9.18 Å². The Morgan fingerprint density at radius 2 is 2.11 bits per heavy atom. The molecule has 1 aromatic rings. The van der Waals surface area contributed by atoms with Gasteiger partial charge in [0, 0.05) is 29.1 Å². The van der Waals surface area contributed by atoms with Gasteiger partial charge in [0.05, 0.1) is 12.7 Å². The summed E-state index contributed by atoms with van der Waals surface area (Å²) in [6.45, 7) is 1.33. The number of halogens is 2. The topological polar surface area (TPSA) is 29.5 Å². The number of hydrogen-bond donors (Lipinski definition) is 0. The van der Waals surface area contributed by atoms with Gasteiger partial charge in [-0.2, -0.15) is 11.8 Å². The summed E-state index contributed by atoms with van der Waals surface area (Å²) in [5.74, 6) is 1.02. The highest BCUT2D eigenvalue weighted by molar-refractivity contribution is 9.10. The maximum Gasteiger partial charge on any atom is 0.257 e. The first kappa shape index (κ1) is 13.7. The summed E-state index contributed by atoms with van der Waals surface area (Å²) < 4.78 is 19.6. The van der Waals surface area contributed by atoms with E-state index >= 15 is 0 Å². The van der Waals surface area contributed by atoms with Gasteiger partial charge in [0.25, 0.3) is 5.91 Å². The van der Waals surface area contributed by atoms with Crippen molar-refractivity contribution in [1.82, 2.24) is 4.90 Å². The Hall–Kier alpha value is -0.750. The van der Waals surface area contributed by atoms with Crippen LogP contribution in [0.15, 0.2) is 16.6 Å². The van der Waals surface area contributed by atoms with Gasteiger partial charge in [-0.3, -0.25) is 4.79 Å². The highest BCUT2D eigenvalue weighted by Gasteiger charge is 2.23. The lowest BCUT2D eigenvalue weighted by Crippen LogP contribution is -2.38. The number of methoxy groups -OCH3 is 1. The van der Waals surface area contributed by atoms with E-state index in [1.54, 1.807) is 16.7 Å². The van der Waals surface area contributed by atoms with E-state index in [-0.39, 0.29) is 17.2 Å². The summed E-state index contributed by atoms with van der Waals surface area (Å²) in [5.41, 5.74) is 0.0631. The van der Waals surface area contributed by atoms with Crippen LogP contribution in [0, 0.1) is 5.82 Å². The lowest BCUT2D eigenvalue weighted by molar-refractivity contribution is 0.0766. The minimum atomic E-state index is -0.594. The van der Waals surface area contributed by atoms with Crippen LogP contribution < -0.4 is 4.74 Å². The Morgan fingerprint density at radius 3 is 2.72 bits per heavy atom. The minimum Gasteiger partial charge on any atom is -0.494 e. The van der Waals surface area contributed by atoms with Crippen LogP contribution in [0.1, 0.15) is 10.4 Å². The maximum absolute atomic E-state index is 14.1. The molecule has 0 unspecified atom stereocenters. The molecule has 1 aromatic carbocycles. The number of thioether (sulfide) groups is 1. The van der Waals surface area contributed by atoms with Gasteiger partial charge in [0.1, 0.15) is 0 Å². The monoisotopic (exact) mass is 333 g/mol. The van der Waals surface area contributed by atoms with Crippen molar-refractivity contribution in [3.63, 3.8) is 0 Å².